The molecule has 6 nitrogen and oxygen atoms in total. The summed E-state index contributed by atoms with van der Waals surface area (Å²) in [4.78, 5) is 37.7. The third kappa shape index (κ3) is 4.57. The highest BCUT2D eigenvalue weighted by atomic mass is 32.2. The first kappa shape index (κ1) is 18.8. The van der Waals surface area contributed by atoms with Crippen molar-refractivity contribution in [2.24, 2.45) is 0 Å². The van der Waals surface area contributed by atoms with Crippen LogP contribution in [-0.2, 0) is 9.59 Å². The number of allylic oxidation sites excluding steroid dienone is 2. The molecule has 136 valence electrons. The standard InChI is InChI=1S/C18H18N2O4S2/c21-14-11-25-10-13(14)19-16(22)9-20-17(23)15(26-18(20)24)8-4-7-12-5-2-1-3-6-12/h1-8,13-14,21H,9-11H2,(H,19,22). The fourth-order valence-corrected chi connectivity index (χ4v) is 4.50. The van der Waals surface area contributed by atoms with E-state index in [0.29, 0.717) is 11.5 Å². The van der Waals surface area contributed by atoms with Gasteiger partial charge in [0.15, 0.2) is 0 Å². The first-order valence-electron chi connectivity index (χ1n) is 8.07. The van der Waals surface area contributed by atoms with Crippen molar-refractivity contribution < 1.29 is 19.5 Å². The van der Waals surface area contributed by atoms with E-state index in [2.05, 4.69) is 5.32 Å². The zero-order chi connectivity index (χ0) is 18.5. The fraction of sp³-hybridized carbons (Fsp3) is 0.278. The van der Waals surface area contributed by atoms with Crippen molar-refractivity contribution in [1.29, 1.82) is 0 Å². The van der Waals surface area contributed by atoms with E-state index < -0.39 is 23.2 Å². The second kappa shape index (κ2) is 8.57. The average Bonchev–Trinajstić information content (AvgIpc) is 3.14. The van der Waals surface area contributed by atoms with Crippen LogP contribution >= 0.6 is 23.5 Å². The number of aliphatic hydroxyl groups excluding tert-OH is 1. The van der Waals surface area contributed by atoms with Crippen molar-refractivity contribution in [3.05, 3.63) is 53.0 Å². The number of aliphatic hydroxyl groups is 1. The Morgan fingerprint density at radius 3 is 2.73 bits per heavy atom. The Bertz CT molecular complexity index is 764. The lowest BCUT2D eigenvalue weighted by atomic mass is 10.2. The molecular formula is C18H18N2O4S2. The smallest absolute Gasteiger partial charge is 0.294 e. The van der Waals surface area contributed by atoms with Gasteiger partial charge in [0, 0.05) is 11.5 Å². The Morgan fingerprint density at radius 2 is 2.04 bits per heavy atom. The number of carbonyl (C=O) groups excluding carboxylic acids is 3. The van der Waals surface area contributed by atoms with Gasteiger partial charge in [-0.2, -0.15) is 11.8 Å². The Hall–Kier alpha value is -2.03. The van der Waals surface area contributed by atoms with E-state index in [9.17, 15) is 19.5 Å². The summed E-state index contributed by atoms with van der Waals surface area (Å²) in [5, 5.41) is 11.9. The second-order valence-corrected chi connectivity index (χ2v) is 7.91. The van der Waals surface area contributed by atoms with Gasteiger partial charge in [-0.3, -0.25) is 19.3 Å². The van der Waals surface area contributed by atoms with Crippen molar-refractivity contribution in [2.45, 2.75) is 12.1 Å². The van der Waals surface area contributed by atoms with E-state index in [1.165, 1.54) is 0 Å². The summed E-state index contributed by atoms with van der Waals surface area (Å²) < 4.78 is 0. The summed E-state index contributed by atoms with van der Waals surface area (Å²) in [6.45, 7) is -0.335. The lowest BCUT2D eigenvalue weighted by Gasteiger charge is -2.18. The molecule has 0 bridgehead atoms. The highest BCUT2D eigenvalue weighted by Gasteiger charge is 2.37. The molecule has 1 aromatic rings. The molecule has 2 N–H and O–H groups in total. The number of amides is 3. The number of hydrogen-bond acceptors (Lipinski definition) is 6. The second-order valence-electron chi connectivity index (χ2n) is 5.84. The Morgan fingerprint density at radius 1 is 1.27 bits per heavy atom. The highest BCUT2D eigenvalue weighted by molar-refractivity contribution is 8.18. The first-order valence-corrected chi connectivity index (χ1v) is 10.0. The lowest BCUT2D eigenvalue weighted by Crippen LogP contribution is -2.47. The highest BCUT2D eigenvalue weighted by Crippen LogP contribution is 2.30. The predicted molar refractivity (Wildman–Crippen MR) is 104 cm³/mol. The van der Waals surface area contributed by atoms with Crippen molar-refractivity contribution >= 4 is 46.7 Å². The molecule has 0 aromatic heterocycles. The molecule has 2 aliphatic heterocycles. The van der Waals surface area contributed by atoms with Crippen LogP contribution in [0.25, 0.3) is 6.08 Å². The van der Waals surface area contributed by atoms with Crippen LogP contribution in [-0.4, -0.2) is 57.3 Å². The van der Waals surface area contributed by atoms with Crippen LogP contribution in [0.15, 0.2) is 47.4 Å². The number of nitrogens with zero attached hydrogens (tertiary/aromatic N) is 1. The van der Waals surface area contributed by atoms with Crippen LogP contribution in [0.1, 0.15) is 5.56 Å². The van der Waals surface area contributed by atoms with Crippen LogP contribution in [0.2, 0.25) is 0 Å². The van der Waals surface area contributed by atoms with Crippen LogP contribution in [0.4, 0.5) is 4.79 Å². The summed E-state index contributed by atoms with van der Waals surface area (Å²) >= 11 is 2.37. The van der Waals surface area contributed by atoms with Crippen LogP contribution in [0.5, 0.6) is 0 Å². The molecule has 2 atom stereocenters. The predicted octanol–water partition coefficient (Wildman–Crippen LogP) is 1.87. The molecule has 3 rings (SSSR count). The SMILES string of the molecule is O=C(CN1C(=O)SC(=CC=Cc2ccccc2)C1=O)NC1CSCC1O. The summed E-state index contributed by atoms with van der Waals surface area (Å²) in [5.74, 6) is 0.274. The Kier molecular flexibility index (Phi) is 6.18. The summed E-state index contributed by atoms with van der Waals surface area (Å²) in [5.41, 5.74) is 0.982. The number of imide groups is 1. The first-order chi connectivity index (χ1) is 12.5. The molecular weight excluding hydrogens is 372 g/mol. The molecule has 2 fully saturated rings. The van der Waals surface area contributed by atoms with Gasteiger partial charge in [0.05, 0.1) is 17.1 Å². The maximum atomic E-state index is 12.3. The van der Waals surface area contributed by atoms with Crippen molar-refractivity contribution in [2.75, 3.05) is 18.1 Å². The number of benzene rings is 1. The molecule has 2 saturated heterocycles. The van der Waals surface area contributed by atoms with Gasteiger partial charge in [-0.1, -0.05) is 42.5 Å². The summed E-state index contributed by atoms with van der Waals surface area (Å²) in [6, 6.07) is 9.25. The van der Waals surface area contributed by atoms with Crippen LogP contribution in [0, 0.1) is 0 Å². The number of rotatable bonds is 5. The number of carbonyl (C=O) groups is 3. The van der Waals surface area contributed by atoms with E-state index in [4.69, 9.17) is 0 Å². The van der Waals surface area contributed by atoms with Gasteiger partial charge < -0.3 is 10.4 Å². The molecule has 2 unspecified atom stereocenters. The van der Waals surface area contributed by atoms with Gasteiger partial charge in [0.25, 0.3) is 11.1 Å². The largest absolute Gasteiger partial charge is 0.390 e. The van der Waals surface area contributed by atoms with Crippen molar-refractivity contribution in [1.82, 2.24) is 10.2 Å². The normalized spacial score (nSPS) is 24.8. The van der Waals surface area contributed by atoms with Crippen molar-refractivity contribution in [3.63, 3.8) is 0 Å². The van der Waals surface area contributed by atoms with Gasteiger partial charge in [-0.25, -0.2) is 0 Å². The van der Waals surface area contributed by atoms with Gasteiger partial charge in [-0.15, -0.1) is 0 Å². The lowest BCUT2D eigenvalue weighted by molar-refractivity contribution is -0.129. The van der Waals surface area contributed by atoms with E-state index in [1.54, 1.807) is 23.9 Å². The average molecular weight is 390 g/mol. The fourth-order valence-electron chi connectivity index (χ4n) is 2.54. The Labute approximate surface area is 159 Å². The van der Waals surface area contributed by atoms with Crippen LogP contribution in [0.3, 0.4) is 0 Å². The quantitative estimate of drug-likeness (QED) is 0.747. The molecule has 26 heavy (non-hydrogen) atoms. The molecule has 0 spiro atoms. The van der Waals surface area contributed by atoms with Gasteiger partial charge >= 0.3 is 0 Å². The summed E-state index contributed by atoms with van der Waals surface area (Å²) in [7, 11) is 0. The minimum atomic E-state index is -0.595. The van der Waals surface area contributed by atoms with Crippen molar-refractivity contribution in [3.8, 4) is 0 Å². The number of thioether (sulfide) groups is 2. The zero-order valence-corrected chi connectivity index (χ0v) is 15.5. The number of hydrogen-bond donors (Lipinski definition) is 2. The monoisotopic (exact) mass is 390 g/mol. The Balaban J connectivity index is 1.58. The minimum absolute atomic E-state index is 0.284. The minimum Gasteiger partial charge on any atom is -0.390 e. The third-order valence-electron chi connectivity index (χ3n) is 3.91. The molecule has 0 aliphatic carbocycles. The van der Waals surface area contributed by atoms with Gasteiger partial charge in [0.2, 0.25) is 5.91 Å². The number of nitrogens with one attached hydrogen (secondary N) is 1. The van der Waals surface area contributed by atoms with E-state index in [1.807, 2.05) is 36.4 Å². The van der Waals surface area contributed by atoms with E-state index in [-0.39, 0.29) is 17.5 Å². The maximum absolute atomic E-state index is 12.3. The molecule has 0 saturated carbocycles. The topological polar surface area (TPSA) is 86.7 Å². The van der Waals surface area contributed by atoms with Gasteiger partial charge in [-0.05, 0) is 23.4 Å². The maximum Gasteiger partial charge on any atom is 0.294 e. The van der Waals surface area contributed by atoms with Crippen LogP contribution < -0.4 is 5.32 Å². The van der Waals surface area contributed by atoms with Gasteiger partial charge in [0.1, 0.15) is 6.54 Å². The third-order valence-corrected chi connectivity index (χ3v) is 6.01. The van der Waals surface area contributed by atoms with E-state index >= 15 is 0 Å². The molecule has 2 aliphatic rings. The molecule has 8 heteroatoms. The van der Waals surface area contributed by atoms with E-state index in [0.717, 1.165) is 22.2 Å². The summed E-state index contributed by atoms with van der Waals surface area (Å²) in [6.07, 6.45) is 4.52. The molecule has 1 aromatic carbocycles. The molecule has 2 heterocycles. The zero-order valence-electron chi connectivity index (χ0n) is 13.8. The molecule has 3 amide bonds. The molecule has 0 radical (unpaired) electrons.